The highest BCUT2D eigenvalue weighted by Gasteiger charge is 2.09. The smallest absolute Gasteiger partial charge is 0.311 e. The van der Waals surface area contributed by atoms with E-state index in [9.17, 15) is 9.59 Å². The summed E-state index contributed by atoms with van der Waals surface area (Å²) in [6.07, 6.45) is 3.20. The van der Waals surface area contributed by atoms with Crippen LogP contribution in [0.4, 0.5) is 5.13 Å². The van der Waals surface area contributed by atoms with E-state index in [4.69, 9.17) is 9.47 Å². The number of carbonyl (C=O) groups is 2. The highest BCUT2D eigenvalue weighted by Crippen LogP contribution is 2.20. The minimum absolute atomic E-state index is 0.0950. The van der Waals surface area contributed by atoms with Crippen LogP contribution in [0.3, 0.4) is 0 Å². The second-order valence-corrected chi connectivity index (χ2v) is 5.78. The third kappa shape index (κ3) is 6.04. The number of ether oxygens (including phenoxy) is 2. The molecule has 7 heteroatoms. The highest BCUT2D eigenvalue weighted by molar-refractivity contribution is 7.14. The Morgan fingerprint density at radius 2 is 2.04 bits per heavy atom. The zero-order chi connectivity index (χ0) is 18.1. The molecule has 0 aliphatic rings. The van der Waals surface area contributed by atoms with Crippen LogP contribution in [0.2, 0.25) is 0 Å². The molecule has 0 radical (unpaired) electrons. The van der Waals surface area contributed by atoms with E-state index in [0.29, 0.717) is 24.0 Å². The molecule has 0 aliphatic heterocycles. The van der Waals surface area contributed by atoms with Crippen LogP contribution in [-0.2, 0) is 20.7 Å². The van der Waals surface area contributed by atoms with E-state index in [1.54, 1.807) is 18.4 Å². The molecule has 0 unspecified atom stereocenters. The van der Waals surface area contributed by atoms with Crippen molar-refractivity contribution in [2.75, 3.05) is 18.5 Å². The van der Waals surface area contributed by atoms with E-state index in [-0.39, 0.29) is 18.3 Å². The molecule has 1 aromatic carbocycles. The topological polar surface area (TPSA) is 77.5 Å². The molecule has 2 rings (SSSR count). The predicted molar refractivity (Wildman–Crippen MR) is 97.7 cm³/mol. The maximum atomic E-state index is 12.0. The molecule has 0 atom stereocenters. The van der Waals surface area contributed by atoms with Crippen molar-refractivity contribution >= 4 is 34.4 Å². The standard InChI is InChI=1S/C18H20N2O4S/c1-3-23-15-8-6-5-7-13(15)9-10-16(21)20-18-19-14(12-25-18)11-17(22)24-4-2/h5-10,12H,3-4,11H2,1-2H3,(H,19,20,21)/b10-9+. The van der Waals surface area contributed by atoms with Crippen LogP contribution in [0.1, 0.15) is 25.1 Å². The fourth-order valence-electron chi connectivity index (χ4n) is 2.02. The van der Waals surface area contributed by atoms with E-state index in [0.717, 1.165) is 11.3 Å². The zero-order valence-electron chi connectivity index (χ0n) is 14.2. The van der Waals surface area contributed by atoms with Gasteiger partial charge < -0.3 is 9.47 Å². The number of rotatable bonds is 8. The number of aromatic nitrogens is 1. The van der Waals surface area contributed by atoms with E-state index in [2.05, 4.69) is 10.3 Å². The summed E-state index contributed by atoms with van der Waals surface area (Å²) in [7, 11) is 0. The lowest BCUT2D eigenvalue weighted by molar-refractivity contribution is -0.142. The monoisotopic (exact) mass is 360 g/mol. The van der Waals surface area contributed by atoms with Crippen molar-refractivity contribution in [1.82, 2.24) is 4.98 Å². The normalized spacial score (nSPS) is 10.6. The van der Waals surface area contributed by atoms with Crippen LogP contribution in [0.5, 0.6) is 5.75 Å². The molecule has 1 aromatic heterocycles. The lowest BCUT2D eigenvalue weighted by atomic mass is 10.2. The van der Waals surface area contributed by atoms with Gasteiger partial charge in [-0.15, -0.1) is 11.3 Å². The van der Waals surface area contributed by atoms with Gasteiger partial charge in [-0.05, 0) is 26.0 Å². The van der Waals surface area contributed by atoms with Crippen molar-refractivity contribution in [3.8, 4) is 5.75 Å². The van der Waals surface area contributed by atoms with Crippen LogP contribution >= 0.6 is 11.3 Å². The molecule has 132 valence electrons. The number of hydrogen-bond donors (Lipinski definition) is 1. The molecule has 6 nitrogen and oxygen atoms in total. The van der Waals surface area contributed by atoms with Gasteiger partial charge in [-0.2, -0.15) is 0 Å². The van der Waals surface area contributed by atoms with Crippen molar-refractivity contribution in [1.29, 1.82) is 0 Å². The van der Waals surface area contributed by atoms with E-state index in [1.165, 1.54) is 17.4 Å². The van der Waals surface area contributed by atoms with Gasteiger partial charge >= 0.3 is 5.97 Å². The average Bonchev–Trinajstić information content (AvgIpc) is 3.01. The highest BCUT2D eigenvalue weighted by atomic mass is 32.1. The first-order chi connectivity index (χ1) is 12.1. The Morgan fingerprint density at radius 3 is 2.80 bits per heavy atom. The SMILES string of the molecule is CCOC(=O)Cc1csc(NC(=O)/C=C/c2ccccc2OCC)n1. The Labute approximate surface area is 150 Å². The van der Waals surface area contributed by atoms with Crippen molar-refractivity contribution in [2.24, 2.45) is 0 Å². The molecule has 25 heavy (non-hydrogen) atoms. The zero-order valence-corrected chi connectivity index (χ0v) is 15.0. The molecule has 0 spiro atoms. The Kier molecular flexibility index (Phi) is 7.16. The summed E-state index contributed by atoms with van der Waals surface area (Å²) in [5.41, 5.74) is 1.39. The summed E-state index contributed by atoms with van der Waals surface area (Å²) >= 11 is 1.26. The first kappa shape index (κ1) is 18.7. The molecule has 2 aromatic rings. The molecule has 0 fully saturated rings. The second-order valence-electron chi connectivity index (χ2n) is 4.92. The third-order valence-electron chi connectivity index (χ3n) is 3.05. The summed E-state index contributed by atoms with van der Waals surface area (Å²) in [5, 5.41) is 4.84. The van der Waals surface area contributed by atoms with Gasteiger partial charge in [0.25, 0.3) is 0 Å². The molecule has 0 bridgehead atoms. The predicted octanol–water partition coefficient (Wildman–Crippen LogP) is 3.30. The average molecular weight is 360 g/mol. The van der Waals surface area contributed by atoms with Crippen LogP contribution in [0.25, 0.3) is 6.08 Å². The number of amides is 1. The molecule has 0 aliphatic carbocycles. The minimum Gasteiger partial charge on any atom is -0.493 e. The van der Waals surface area contributed by atoms with Crippen molar-refractivity contribution in [3.05, 3.63) is 47.0 Å². The summed E-state index contributed by atoms with van der Waals surface area (Å²) < 4.78 is 10.4. The quantitative estimate of drug-likeness (QED) is 0.577. The molecular weight excluding hydrogens is 340 g/mol. The van der Waals surface area contributed by atoms with Gasteiger partial charge in [0.15, 0.2) is 5.13 Å². The van der Waals surface area contributed by atoms with E-state index in [1.807, 2.05) is 31.2 Å². The van der Waals surface area contributed by atoms with E-state index < -0.39 is 0 Å². The van der Waals surface area contributed by atoms with Gasteiger partial charge in [0, 0.05) is 17.0 Å². The van der Waals surface area contributed by atoms with Gasteiger partial charge in [0.1, 0.15) is 5.75 Å². The second kappa shape index (κ2) is 9.58. The summed E-state index contributed by atoms with van der Waals surface area (Å²) in [6.45, 7) is 4.55. The number of carbonyl (C=O) groups excluding carboxylic acids is 2. The van der Waals surface area contributed by atoms with Crippen LogP contribution < -0.4 is 10.1 Å². The Bertz CT molecular complexity index is 755. The number of nitrogens with one attached hydrogen (secondary N) is 1. The van der Waals surface area contributed by atoms with Crippen molar-refractivity contribution in [3.63, 3.8) is 0 Å². The number of para-hydroxylation sites is 1. The van der Waals surface area contributed by atoms with E-state index >= 15 is 0 Å². The molecule has 1 amide bonds. The number of nitrogens with zero attached hydrogens (tertiary/aromatic N) is 1. The summed E-state index contributed by atoms with van der Waals surface area (Å²) in [6, 6.07) is 7.48. The fraction of sp³-hybridized carbons (Fsp3) is 0.278. The van der Waals surface area contributed by atoms with Gasteiger partial charge in [-0.25, -0.2) is 4.98 Å². The fourth-order valence-corrected chi connectivity index (χ4v) is 2.74. The van der Waals surface area contributed by atoms with Crippen LogP contribution in [-0.4, -0.2) is 30.1 Å². The number of thiazole rings is 1. The molecule has 1 N–H and O–H groups in total. The number of hydrogen-bond acceptors (Lipinski definition) is 6. The largest absolute Gasteiger partial charge is 0.493 e. The van der Waals surface area contributed by atoms with Crippen molar-refractivity contribution < 1.29 is 19.1 Å². The first-order valence-electron chi connectivity index (χ1n) is 7.93. The Balaban J connectivity index is 1.94. The maximum Gasteiger partial charge on any atom is 0.311 e. The van der Waals surface area contributed by atoms with Gasteiger partial charge in [0.05, 0.1) is 25.3 Å². The molecule has 1 heterocycles. The van der Waals surface area contributed by atoms with Crippen LogP contribution in [0, 0.1) is 0 Å². The van der Waals surface area contributed by atoms with Gasteiger partial charge in [0.2, 0.25) is 5.91 Å². The van der Waals surface area contributed by atoms with Gasteiger partial charge in [-0.1, -0.05) is 18.2 Å². The Hall–Kier alpha value is -2.67. The summed E-state index contributed by atoms with van der Waals surface area (Å²) in [5.74, 6) is 0.0847. The molecule has 0 saturated heterocycles. The Morgan fingerprint density at radius 1 is 1.24 bits per heavy atom. The van der Waals surface area contributed by atoms with Crippen LogP contribution in [0.15, 0.2) is 35.7 Å². The van der Waals surface area contributed by atoms with Crippen molar-refractivity contribution in [2.45, 2.75) is 20.3 Å². The number of esters is 1. The first-order valence-corrected chi connectivity index (χ1v) is 8.81. The maximum absolute atomic E-state index is 12.0. The summed E-state index contributed by atoms with van der Waals surface area (Å²) in [4.78, 5) is 27.6. The number of benzene rings is 1. The minimum atomic E-state index is -0.335. The third-order valence-corrected chi connectivity index (χ3v) is 3.85. The number of anilines is 1. The molecule has 0 saturated carbocycles. The van der Waals surface area contributed by atoms with Gasteiger partial charge in [-0.3, -0.25) is 14.9 Å². The molecular formula is C18H20N2O4S. The lowest BCUT2D eigenvalue weighted by Gasteiger charge is -2.06. The lowest BCUT2D eigenvalue weighted by Crippen LogP contribution is -2.09.